The summed E-state index contributed by atoms with van der Waals surface area (Å²) in [5, 5.41) is 49.0. The van der Waals surface area contributed by atoms with Gasteiger partial charge in [0.05, 0.1) is 11.6 Å². The molecule has 3 aliphatic rings. The number of benzene rings is 1. The fraction of sp³-hybridized carbons (Fsp3) is 0.552. The van der Waals surface area contributed by atoms with E-state index in [0.717, 1.165) is 5.69 Å². The molecule has 1 aromatic rings. The highest BCUT2D eigenvalue weighted by Crippen LogP contribution is 2.54. The molecule has 0 radical (unpaired) electrons. The molecule has 4 atom stereocenters. The predicted octanol–water partition coefficient (Wildman–Crippen LogP) is 1.17. The quantitative estimate of drug-likeness (QED) is 0.279. The molecular weight excluding hydrogens is 516 g/mol. The molecule has 0 aromatic heterocycles. The van der Waals surface area contributed by atoms with E-state index in [4.69, 9.17) is 5.73 Å². The van der Waals surface area contributed by atoms with Gasteiger partial charge in [-0.05, 0) is 49.9 Å². The van der Waals surface area contributed by atoms with E-state index >= 15 is 0 Å². The number of carbonyl (C=O) groups excluding carboxylic acids is 3. The Morgan fingerprint density at radius 1 is 1.15 bits per heavy atom. The highest BCUT2D eigenvalue weighted by atomic mass is 16.3. The zero-order chi connectivity index (χ0) is 30.1. The third-order valence-electron chi connectivity index (χ3n) is 8.23. The fourth-order valence-corrected chi connectivity index (χ4v) is 6.45. The van der Waals surface area contributed by atoms with Crippen LogP contribution in [0.2, 0.25) is 0 Å². The minimum atomic E-state index is -2.66. The van der Waals surface area contributed by atoms with Gasteiger partial charge in [-0.25, -0.2) is 0 Å². The first kappa shape index (κ1) is 29.6. The maximum absolute atomic E-state index is 14.0. The lowest BCUT2D eigenvalue weighted by molar-refractivity contribution is -0.153. The lowest BCUT2D eigenvalue weighted by Crippen LogP contribution is -2.65. The predicted molar refractivity (Wildman–Crippen MR) is 150 cm³/mol. The molecule has 1 saturated carbocycles. The average Bonchev–Trinajstić information content (AvgIpc) is 2.81. The first-order valence-corrected chi connectivity index (χ1v) is 13.3. The van der Waals surface area contributed by atoms with E-state index in [-0.39, 0.29) is 35.1 Å². The molecule has 11 nitrogen and oxygen atoms in total. The van der Waals surface area contributed by atoms with E-state index in [2.05, 4.69) is 26.1 Å². The Morgan fingerprint density at radius 3 is 2.30 bits per heavy atom. The average molecular weight is 557 g/mol. The molecule has 0 aliphatic heterocycles. The highest BCUT2D eigenvalue weighted by Gasteiger charge is 2.64. The zero-order valence-corrected chi connectivity index (χ0v) is 24.1. The first-order chi connectivity index (χ1) is 18.4. The van der Waals surface area contributed by atoms with Crippen LogP contribution in [-0.4, -0.2) is 89.2 Å². The number of amides is 1. The molecule has 0 spiro atoms. The molecule has 1 aromatic carbocycles. The van der Waals surface area contributed by atoms with Crippen molar-refractivity contribution in [3.8, 4) is 5.75 Å². The largest absolute Gasteiger partial charge is 0.508 e. The van der Waals surface area contributed by atoms with Crippen molar-refractivity contribution in [1.82, 2.24) is 10.2 Å². The zero-order valence-electron chi connectivity index (χ0n) is 24.1. The standard InChI is InChI=1S/C29H40N4O7/c1-28(2,3)12-31-11-14-10-17(32(4)5)15-8-13-9-16-21(33(6)7)24(36)20(27(30)39)26(38)29(16,40)25(37)18(13)23(35)19(15)22(14)34/h10,13,16,21,31,34-35,38,40H,8-9,11-12H2,1-7H3,(H2,30,39)/t13?,16?,21-,29-/m0/s1. The SMILES string of the molecule is CN(C)c1cc(CNCC(C)(C)C)c(O)c2c1CC1CC3[C@H](N(C)C)C(=O)C(C(N)=O)=C(O)[C@@]3(O)C(=O)C1=C2O. The molecule has 7 N–H and O–H groups in total. The molecule has 0 saturated heterocycles. The Bertz CT molecular complexity index is 1350. The molecule has 4 rings (SSSR count). The molecule has 0 bridgehead atoms. The first-order valence-electron chi connectivity index (χ1n) is 13.3. The normalized spacial score (nSPS) is 26.6. The molecule has 1 amide bonds. The number of primary amides is 1. The number of Topliss-reactive ketones (excluding diaryl/α,β-unsaturated/α-hetero) is 2. The molecule has 2 unspecified atom stereocenters. The number of phenols is 1. The summed E-state index contributed by atoms with van der Waals surface area (Å²) < 4.78 is 0. The van der Waals surface area contributed by atoms with Crippen molar-refractivity contribution in [1.29, 1.82) is 0 Å². The summed E-state index contributed by atoms with van der Waals surface area (Å²) in [6, 6.07) is 0.735. The minimum Gasteiger partial charge on any atom is -0.508 e. The van der Waals surface area contributed by atoms with Gasteiger partial charge in [-0.3, -0.25) is 19.3 Å². The van der Waals surface area contributed by atoms with E-state index in [0.29, 0.717) is 24.2 Å². The van der Waals surface area contributed by atoms with E-state index in [1.165, 1.54) is 4.90 Å². The Morgan fingerprint density at radius 2 is 1.77 bits per heavy atom. The van der Waals surface area contributed by atoms with Gasteiger partial charge in [-0.1, -0.05) is 20.8 Å². The number of phenolic OH excluding ortho intramolecular Hbond substituents is 1. The number of anilines is 1. The fourth-order valence-electron chi connectivity index (χ4n) is 6.45. The van der Waals surface area contributed by atoms with Gasteiger partial charge >= 0.3 is 0 Å². The molecule has 3 aliphatic carbocycles. The van der Waals surface area contributed by atoms with Crippen molar-refractivity contribution in [3.63, 3.8) is 0 Å². The number of nitrogens with zero attached hydrogens (tertiary/aromatic N) is 2. The Labute approximate surface area is 233 Å². The highest BCUT2D eigenvalue weighted by molar-refractivity contribution is 6.24. The van der Waals surface area contributed by atoms with Gasteiger partial charge in [0.2, 0.25) is 5.78 Å². The third-order valence-corrected chi connectivity index (χ3v) is 8.23. The number of aliphatic hydroxyl groups excluding tert-OH is 2. The van der Waals surface area contributed by atoms with Gasteiger partial charge < -0.3 is 36.4 Å². The molecular formula is C29H40N4O7. The van der Waals surface area contributed by atoms with Crippen molar-refractivity contribution < 1.29 is 34.8 Å². The molecule has 0 heterocycles. The van der Waals surface area contributed by atoms with E-state index in [1.54, 1.807) is 14.1 Å². The second kappa shape index (κ2) is 9.90. The van der Waals surface area contributed by atoms with Crippen molar-refractivity contribution in [2.45, 2.75) is 51.8 Å². The maximum atomic E-state index is 14.0. The number of fused-ring (bicyclic) bond motifs is 3. The van der Waals surface area contributed by atoms with Crippen LogP contribution in [0.5, 0.6) is 5.75 Å². The monoisotopic (exact) mass is 556 g/mol. The van der Waals surface area contributed by atoms with E-state index < -0.39 is 58.0 Å². The topological polar surface area (TPSA) is 177 Å². The van der Waals surface area contributed by atoms with Crippen LogP contribution in [0.1, 0.15) is 43.9 Å². The Balaban J connectivity index is 1.91. The van der Waals surface area contributed by atoms with Gasteiger partial charge in [-0.2, -0.15) is 0 Å². The Kier molecular flexibility index (Phi) is 7.32. The summed E-state index contributed by atoms with van der Waals surface area (Å²) in [6.45, 7) is 7.21. The lowest BCUT2D eigenvalue weighted by Gasteiger charge is -2.50. The van der Waals surface area contributed by atoms with Crippen LogP contribution in [0, 0.1) is 17.3 Å². The van der Waals surface area contributed by atoms with Crippen LogP contribution < -0.4 is 16.0 Å². The van der Waals surface area contributed by atoms with Gasteiger partial charge in [-0.15, -0.1) is 0 Å². The van der Waals surface area contributed by atoms with Crippen molar-refractivity contribution in [2.75, 3.05) is 39.6 Å². The van der Waals surface area contributed by atoms with Crippen LogP contribution in [-0.2, 0) is 27.3 Å². The van der Waals surface area contributed by atoms with Crippen LogP contribution >= 0.6 is 0 Å². The number of carbonyl (C=O) groups is 3. The van der Waals surface area contributed by atoms with Crippen LogP contribution in [0.3, 0.4) is 0 Å². The summed E-state index contributed by atoms with van der Waals surface area (Å²) in [7, 11) is 6.84. The van der Waals surface area contributed by atoms with Crippen molar-refractivity contribution in [2.24, 2.45) is 23.0 Å². The molecule has 11 heteroatoms. The second-order valence-electron chi connectivity index (χ2n) is 12.8. The number of nitrogens with two attached hydrogens (primary N) is 1. The van der Waals surface area contributed by atoms with Gasteiger partial charge in [0.1, 0.15) is 22.8 Å². The number of hydrogen-bond acceptors (Lipinski definition) is 10. The summed E-state index contributed by atoms with van der Waals surface area (Å²) in [6.07, 6.45) is 0.291. The third kappa shape index (κ3) is 4.46. The summed E-state index contributed by atoms with van der Waals surface area (Å²) in [5.41, 5.74) is 3.73. The molecule has 1 fully saturated rings. The van der Waals surface area contributed by atoms with Crippen molar-refractivity contribution in [3.05, 3.63) is 39.7 Å². The number of nitrogens with one attached hydrogen (secondary N) is 1. The minimum absolute atomic E-state index is 0.00285. The van der Waals surface area contributed by atoms with Gasteiger partial charge in [0, 0.05) is 49.9 Å². The number of likely N-dealkylation sites (N-methyl/N-ethyl adjacent to an activating group) is 1. The number of ketones is 2. The van der Waals surface area contributed by atoms with Crippen molar-refractivity contribution >= 4 is 28.9 Å². The van der Waals surface area contributed by atoms with Crippen LogP contribution in [0.15, 0.2) is 23.0 Å². The van der Waals surface area contributed by atoms with Gasteiger partial charge in [0.25, 0.3) is 5.91 Å². The van der Waals surface area contributed by atoms with Crippen LogP contribution in [0.4, 0.5) is 5.69 Å². The Hall–Kier alpha value is -3.41. The van der Waals surface area contributed by atoms with Gasteiger partial charge in [0.15, 0.2) is 11.4 Å². The second-order valence-corrected chi connectivity index (χ2v) is 12.8. The number of aromatic hydroxyl groups is 1. The summed E-state index contributed by atoms with van der Waals surface area (Å²) in [5.74, 6) is -6.55. The number of aliphatic hydroxyl groups is 3. The van der Waals surface area contributed by atoms with E-state index in [9.17, 15) is 34.8 Å². The number of hydrogen-bond donors (Lipinski definition) is 6. The van der Waals surface area contributed by atoms with Crippen LogP contribution in [0.25, 0.3) is 5.76 Å². The molecule has 218 valence electrons. The summed E-state index contributed by atoms with van der Waals surface area (Å²) in [4.78, 5) is 42.8. The maximum Gasteiger partial charge on any atom is 0.255 e. The molecule has 40 heavy (non-hydrogen) atoms. The lowest BCUT2D eigenvalue weighted by atomic mass is 9.57. The smallest absolute Gasteiger partial charge is 0.255 e. The number of rotatable bonds is 6. The summed E-state index contributed by atoms with van der Waals surface area (Å²) >= 11 is 0. The van der Waals surface area contributed by atoms with E-state index in [1.807, 2.05) is 25.1 Å².